The van der Waals surface area contributed by atoms with Gasteiger partial charge in [-0.1, -0.05) is 96.3 Å². The van der Waals surface area contributed by atoms with E-state index in [4.69, 9.17) is 23.9 Å². The summed E-state index contributed by atoms with van der Waals surface area (Å²) in [6, 6.07) is 34.1. The van der Waals surface area contributed by atoms with Gasteiger partial charge in [-0.15, -0.1) is 0 Å². The van der Waals surface area contributed by atoms with E-state index in [2.05, 4.69) is 34.1 Å². The number of aromatic nitrogens is 1. The summed E-state index contributed by atoms with van der Waals surface area (Å²) in [5.41, 5.74) is 3.67. The average Bonchev–Trinajstić information content (AvgIpc) is 3.47. The number of nitrogens with zero attached hydrogens (tertiary/aromatic N) is 2. The molecule has 1 aromatic heterocycles. The molecule has 0 N–H and O–H groups in total. The molecule has 1 aliphatic heterocycles. The summed E-state index contributed by atoms with van der Waals surface area (Å²) in [7, 11) is 3.17. The molecule has 10 heteroatoms. The number of fused-ring (bicyclic) bond motifs is 2. The zero-order valence-corrected chi connectivity index (χ0v) is 30.5. The second-order valence-corrected chi connectivity index (χ2v) is 13.5. The summed E-state index contributed by atoms with van der Waals surface area (Å²) < 4.78 is 25.7. The number of hydrogen-bond acceptors (Lipinski definition) is 8. The van der Waals surface area contributed by atoms with Crippen LogP contribution in [0, 0.1) is 0 Å². The zero-order valence-electron chi connectivity index (χ0n) is 28.1. The molecule has 0 saturated heterocycles. The third kappa shape index (κ3) is 6.72. The second kappa shape index (κ2) is 14.8. The minimum Gasteiger partial charge on any atom is -0.497 e. The lowest BCUT2D eigenvalue weighted by Crippen LogP contribution is -2.40. The highest BCUT2D eigenvalue weighted by Crippen LogP contribution is 2.38. The first-order valence-corrected chi connectivity index (χ1v) is 17.9. The van der Waals surface area contributed by atoms with Crippen LogP contribution in [-0.2, 0) is 16.1 Å². The van der Waals surface area contributed by atoms with E-state index in [1.807, 2.05) is 91.0 Å². The highest BCUT2D eigenvalue weighted by molar-refractivity contribution is 9.10. The van der Waals surface area contributed by atoms with Crippen molar-refractivity contribution in [2.75, 3.05) is 20.8 Å². The van der Waals surface area contributed by atoms with Crippen LogP contribution in [0.3, 0.4) is 0 Å². The third-order valence-corrected chi connectivity index (χ3v) is 10.2. The van der Waals surface area contributed by atoms with Crippen molar-refractivity contribution in [1.82, 2.24) is 4.57 Å². The van der Waals surface area contributed by atoms with Crippen molar-refractivity contribution in [3.63, 3.8) is 0 Å². The van der Waals surface area contributed by atoms with Crippen LogP contribution >= 0.6 is 27.3 Å². The standard InChI is InChI=1S/C41H33BrN2O6S/c1-4-49-40(46)35-36(27-12-6-5-7-13-27)43-41-44(37(35)28-17-19-30(47-2)20-18-28)39(45)34(51-41)23-25-21-32(42)38(33(22-25)48-3)50-24-29-15-10-14-26-11-8-9-16-31(26)29/h5-23,37H,4,24H2,1-3H3/b34-23-/t37-/m1/s1. The van der Waals surface area contributed by atoms with E-state index in [1.54, 1.807) is 31.8 Å². The number of methoxy groups -OCH3 is 2. The molecule has 0 aliphatic carbocycles. The predicted molar refractivity (Wildman–Crippen MR) is 203 cm³/mol. The maximum atomic E-state index is 14.4. The lowest BCUT2D eigenvalue weighted by molar-refractivity contribution is -0.138. The fourth-order valence-corrected chi connectivity index (χ4v) is 7.80. The van der Waals surface area contributed by atoms with Crippen LogP contribution in [0.2, 0.25) is 0 Å². The Labute approximate surface area is 306 Å². The lowest BCUT2D eigenvalue weighted by Gasteiger charge is -2.26. The van der Waals surface area contributed by atoms with Gasteiger partial charge in [0, 0.05) is 5.56 Å². The molecule has 0 saturated carbocycles. The van der Waals surface area contributed by atoms with Gasteiger partial charge >= 0.3 is 5.97 Å². The summed E-state index contributed by atoms with van der Waals surface area (Å²) in [5, 5.41) is 2.26. The number of benzene rings is 5. The highest BCUT2D eigenvalue weighted by atomic mass is 79.9. The first-order chi connectivity index (χ1) is 24.9. The summed E-state index contributed by atoms with van der Waals surface area (Å²) in [4.78, 5) is 33.5. The van der Waals surface area contributed by atoms with Gasteiger partial charge in [0.2, 0.25) is 0 Å². The topological polar surface area (TPSA) is 88.4 Å². The zero-order chi connectivity index (χ0) is 35.5. The predicted octanol–water partition coefficient (Wildman–Crippen LogP) is 7.45. The largest absolute Gasteiger partial charge is 0.497 e. The smallest absolute Gasteiger partial charge is 0.338 e. The average molecular weight is 762 g/mol. The number of carbonyl (C=O) groups excluding carboxylic acids is 1. The third-order valence-electron chi connectivity index (χ3n) is 8.61. The van der Waals surface area contributed by atoms with E-state index in [0.717, 1.165) is 27.5 Å². The van der Waals surface area contributed by atoms with Crippen molar-refractivity contribution < 1.29 is 23.7 Å². The Kier molecular flexibility index (Phi) is 9.87. The Morgan fingerprint density at radius 3 is 2.41 bits per heavy atom. The summed E-state index contributed by atoms with van der Waals surface area (Å²) in [5.74, 6) is 1.17. The molecule has 0 unspecified atom stereocenters. The van der Waals surface area contributed by atoms with Gasteiger partial charge in [0.05, 0.1) is 47.1 Å². The Balaban J connectivity index is 1.33. The summed E-state index contributed by atoms with van der Waals surface area (Å²) in [6.07, 6.45) is 1.80. The van der Waals surface area contributed by atoms with E-state index >= 15 is 0 Å². The fourth-order valence-electron chi connectivity index (χ4n) is 6.22. The molecule has 2 heterocycles. The Morgan fingerprint density at radius 1 is 0.922 bits per heavy atom. The monoisotopic (exact) mass is 760 g/mol. The molecular weight excluding hydrogens is 728 g/mol. The summed E-state index contributed by atoms with van der Waals surface area (Å²) >= 11 is 4.93. The van der Waals surface area contributed by atoms with E-state index < -0.39 is 12.0 Å². The van der Waals surface area contributed by atoms with Gasteiger partial charge in [0.15, 0.2) is 16.3 Å². The molecular formula is C41H33BrN2O6S. The van der Waals surface area contributed by atoms with Crippen LogP contribution in [-0.4, -0.2) is 31.4 Å². The first kappa shape index (κ1) is 34.0. The molecule has 7 rings (SSSR count). The van der Waals surface area contributed by atoms with Gasteiger partial charge in [0.1, 0.15) is 12.4 Å². The molecule has 8 nitrogen and oxygen atoms in total. The number of carbonyl (C=O) groups is 1. The van der Waals surface area contributed by atoms with Crippen molar-refractivity contribution in [3.05, 3.63) is 161 Å². The van der Waals surface area contributed by atoms with Crippen LogP contribution < -0.4 is 29.1 Å². The normalized spacial score (nSPS) is 14.2. The maximum Gasteiger partial charge on any atom is 0.338 e. The molecule has 0 radical (unpaired) electrons. The number of thiazole rings is 1. The van der Waals surface area contributed by atoms with Crippen molar-refractivity contribution in [2.24, 2.45) is 4.99 Å². The lowest BCUT2D eigenvalue weighted by atomic mass is 9.93. The molecule has 6 aromatic rings. The fraction of sp³-hybridized carbons (Fsp3) is 0.146. The molecule has 256 valence electrons. The van der Waals surface area contributed by atoms with Crippen molar-refractivity contribution in [1.29, 1.82) is 0 Å². The minimum absolute atomic E-state index is 0.169. The number of halogens is 1. The Morgan fingerprint density at radius 2 is 1.67 bits per heavy atom. The number of esters is 1. The van der Waals surface area contributed by atoms with Crippen LogP contribution in [0.5, 0.6) is 17.2 Å². The van der Waals surface area contributed by atoms with Gasteiger partial charge in [-0.25, -0.2) is 9.79 Å². The van der Waals surface area contributed by atoms with E-state index in [9.17, 15) is 9.59 Å². The maximum absolute atomic E-state index is 14.4. The van der Waals surface area contributed by atoms with Crippen molar-refractivity contribution in [3.8, 4) is 17.2 Å². The molecule has 1 aliphatic rings. The molecule has 5 aromatic carbocycles. The molecule has 51 heavy (non-hydrogen) atoms. The van der Waals surface area contributed by atoms with Crippen LogP contribution in [0.4, 0.5) is 0 Å². The minimum atomic E-state index is -0.797. The Bertz CT molecular complexity index is 2470. The second-order valence-electron chi connectivity index (χ2n) is 11.7. The molecule has 0 spiro atoms. The van der Waals surface area contributed by atoms with Gasteiger partial charge in [0.25, 0.3) is 5.56 Å². The van der Waals surface area contributed by atoms with Crippen LogP contribution in [0.15, 0.2) is 129 Å². The van der Waals surface area contributed by atoms with Crippen LogP contribution in [0.25, 0.3) is 22.5 Å². The van der Waals surface area contributed by atoms with Gasteiger partial charge < -0.3 is 18.9 Å². The van der Waals surface area contributed by atoms with E-state index in [1.165, 1.54) is 11.3 Å². The van der Waals surface area contributed by atoms with E-state index in [0.29, 0.717) is 48.9 Å². The molecule has 0 bridgehead atoms. The summed E-state index contributed by atoms with van der Waals surface area (Å²) in [6.45, 7) is 2.26. The van der Waals surface area contributed by atoms with Gasteiger partial charge in [-0.05, 0) is 80.7 Å². The molecule has 1 atom stereocenters. The van der Waals surface area contributed by atoms with Crippen molar-refractivity contribution in [2.45, 2.75) is 19.6 Å². The Hall–Kier alpha value is -5.45. The van der Waals surface area contributed by atoms with Gasteiger partial charge in [-0.3, -0.25) is 9.36 Å². The SMILES string of the molecule is CCOC(=O)C1=C(c2ccccc2)N=c2s/c(=C\c3cc(Br)c(OCc4cccc5ccccc45)c(OC)c3)c(=O)n2[C@@H]1c1ccc(OC)cc1. The molecule has 0 amide bonds. The van der Waals surface area contributed by atoms with Crippen molar-refractivity contribution >= 4 is 55.8 Å². The van der Waals surface area contributed by atoms with Gasteiger partial charge in [-0.2, -0.15) is 0 Å². The number of hydrogen-bond donors (Lipinski definition) is 0. The first-order valence-electron chi connectivity index (χ1n) is 16.3. The van der Waals surface area contributed by atoms with Crippen LogP contribution in [0.1, 0.15) is 35.2 Å². The number of ether oxygens (including phenoxy) is 4. The highest BCUT2D eigenvalue weighted by Gasteiger charge is 2.35. The quantitative estimate of drug-likeness (QED) is 0.135. The number of rotatable bonds is 10. The van der Waals surface area contributed by atoms with E-state index in [-0.39, 0.29) is 17.7 Å². The molecule has 0 fully saturated rings.